The number of carbonyl (C=O) groups excluding carboxylic acids is 1. The fraction of sp³-hybridized carbons (Fsp3) is 0.417. The summed E-state index contributed by atoms with van der Waals surface area (Å²) >= 11 is 3.11. The summed E-state index contributed by atoms with van der Waals surface area (Å²) in [5, 5.41) is 0. The summed E-state index contributed by atoms with van der Waals surface area (Å²) in [5.41, 5.74) is 0.138. The minimum absolute atomic E-state index is 0.138. The van der Waals surface area contributed by atoms with Gasteiger partial charge in [-0.2, -0.15) is 0 Å². The summed E-state index contributed by atoms with van der Waals surface area (Å²) in [4.78, 5) is 11.8. The third kappa shape index (κ3) is 4.72. The van der Waals surface area contributed by atoms with Crippen molar-refractivity contribution in [2.24, 2.45) is 0 Å². The highest BCUT2D eigenvalue weighted by molar-refractivity contribution is 9.10. The van der Waals surface area contributed by atoms with Crippen LogP contribution in [0.1, 0.15) is 10.4 Å². The number of halogens is 2. The van der Waals surface area contributed by atoms with E-state index in [4.69, 9.17) is 14.2 Å². The average molecular weight is 321 g/mol. The molecule has 0 unspecified atom stereocenters. The van der Waals surface area contributed by atoms with E-state index in [1.54, 1.807) is 0 Å². The van der Waals surface area contributed by atoms with E-state index in [0.717, 1.165) is 6.07 Å². The summed E-state index contributed by atoms with van der Waals surface area (Å²) in [6.45, 7) is 0.437. The zero-order valence-electron chi connectivity index (χ0n) is 10.1. The quantitative estimate of drug-likeness (QED) is 0.755. The molecule has 18 heavy (non-hydrogen) atoms. The normalized spacial score (nSPS) is 10.7. The van der Waals surface area contributed by atoms with Crippen molar-refractivity contribution >= 4 is 21.9 Å². The number of benzene rings is 1. The van der Waals surface area contributed by atoms with Crippen LogP contribution in [-0.4, -0.2) is 39.5 Å². The molecular formula is C12H14BrFO4. The molecular weight excluding hydrogens is 307 g/mol. The Morgan fingerprint density at radius 2 is 1.89 bits per heavy atom. The number of esters is 1. The molecule has 1 aromatic carbocycles. The van der Waals surface area contributed by atoms with Crippen molar-refractivity contribution in [2.75, 3.05) is 27.4 Å². The largest absolute Gasteiger partial charge is 0.454 e. The van der Waals surface area contributed by atoms with Crippen LogP contribution < -0.4 is 0 Å². The van der Waals surface area contributed by atoms with Crippen LogP contribution in [0, 0.1) is 5.82 Å². The second-order valence-electron chi connectivity index (χ2n) is 3.60. The molecule has 0 aromatic heterocycles. The van der Waals surface area contributed by atoms with E-state index in [2.05, 4.69) is 15.9 Å². The van der Waals surface area contributed by atoms with Gasteiger partial charge >= 0.3 is 5.97 Å². The summed E-state index contributed by atoms with van der Waals surface area (Å²) in [6, 6.07) is 3.87. The summed E-state index contributed by atoms with van der Waals surface area (Å²) < 4.78 is 28.6. The number of hydrogen-bond donors (Lipinski definition) is 0. The molecule has 0 radical (unpaired) electrons. The lowest BCUT2D eigenvalue weighted by Gasteiger charge is -2.16. The Morgan fingerprint density at radius 1 is 1.28 bits per heavy atom. The highest BCUT2D eigenvalue weighted by Crippen LogP contribution is 2.16. The van der Waals surface area contributed by atoms with Crippen LogP contribution in [0.4, 0.5) is 4.39 Å². The van der Waals surface area contributed by atoms with Crippen molar-refractivity contribution in [3.8, 4) is 0 Å². The van der Waals surface area contributed by atoms with Gasteiger partial charge in [0.25, 0.3) is 0 Å². The van der Waals surface area contributed by atoms with Crippen molar-refractivity contribution in [3.63, 3.8) is 0 Å². The molecule has 0 amide bonds. The van der Waals surface area contributed by atoms with E-state index in [-0.39, 0.29) is 18.8 Å². The molecule has 1 aromatic rings. The Balaban J connectivity index is 2.73. The van der Waals surface area contributed by atoms with E-state index in [0.29, 0.717) is 4.47 Å². The Hall–Kier alpha value is -0.980. The van der Waals surface area contributed by atoms with Gasteiger partial charge in [0.1, 0.15) is 11.9 Å². The molecule has 0 aliphatic heterocycles. The van der Waals surface area contributed by atoms with Crippen LogP contribution in [0.15, 0.2) is 22.7 Å². The van der Waals surface area contributed by atoms with Crippen LogP contribution in [0.2, 0.25) is 0 Å². The topological polar surface area (TPSA) is 44.8 Å². The van der Waals surface area contributed by atoms with Gasteiger partial charge in [-0.1, -0.05) is 15.9 Å². The number of methoxy groups -OCH3 is 2. The predicted molar refractivity (Wildman–Crippen MR) is 67.1 cm³/mol. The summed E-state index contributed by atoms with van der Waals surface area (Å²) in [6.07, 6.45) is -0.519. The van der Waals surface area contributed by atoms with Crippen LogP contribution in [0.5, 0.6) is 0 Å². The number of ether oxygens (including phenoxy) is 3. The van der Waals surface area contributed by atoms with Crippen molar-refractivity contribution in [1.29, 1.82) is 0 Å². The Morgan fingerprint density at radius 3 is 2.39 bits per heavy atom. The third-order valence-electron chi connectivity index (χ3n) is 2.08. The highest BCUT2D eigenvalue weighted by Gasteiger charge is 2.17. The fourth-order valence-corrected chi connectivity index (χ4v) is 1.84. The molecule has 0 saturated carbocycles. The Kier molecular flexibility index (Phi) is 6.24. The lowest BCUT2D eigenvalue weighted by molar-refractivity contribution is -0.0224. The molecule has 1 rings (SSSR count). The van der Waals surface area contributed by atoms with Gasteiger partial charge in [0, 0.05) is 18.7 Å². The molecule has 0 N–H and O–H groups in total. The van der Waals surface area contributed by atoms with Gasteiger partial charge < -0.3 is 14.2 Å². The van der Waals surface area contributed by atoms with Gasteiger partial charge in [0.15, 0.2) is 0 Å². The molecule has 0 heterocycles. The fourth-order valence-electron chi connectivity index (χ4n) is 1.38. The molecule has 0 aliphatic rings. The first-order valence-corrected chi connectivity index (χ1v) is 6.01. The van der Waals surface area contributed by atoms with Gasteiger partial charge in [-0.15, -0.1) is 0 Å². The van der Waals surface area contributed by atoms with Crippen molar-refractivity contribution in [2.45, 2.75) is 6.10 Å². The second kappa shape index (κ2) is 7.45. The van der Waals surface area contributed by atoms with Gasteiger partial charge in [-0.3, -0.25) is 0 Å². The maximum Gasteiger partial charge on any atom is 0.338 e. The maximum absolute atomic E-state index is 13.1. The lowest BCUT2D eigenvalue weighted by Crippen LogP contribution is -2.27. The van der Waals surface area contributed by atoms with Crippen molar-refractivity contribution in [3.05, 3.63) is 34.1 Å². The molecule has 0 spiro atoms. The van der Waals surface area contributed by atoms with Gasteiger partial charge in [-0.05, 0) is 18.2 Å². The molecule has 0 atom stereocenters. The smallest absolute Gasteiger partial charge is 0.338 e. The first-order valence-electron chi connectivity index (χ1n) is 5.21. The van der Waals surface area contributed by atoms with E-state index >= 15 is 0 Å². The molecule has 4 nitrogen and oxygen atoms in total. The lowest BCUT2D eigenvalue weighted by atomic mass is 10.2. The maximum atomic E-state index is 13.1. The molecule has 0 saturated heterocycles. The molecule has 0 fully saturated rings. The summed E-state index contributed by atoms with van der Waals surface area (Å²) in [7, 11) is 2.99. The first-order chi connectivity index (χ1) is 8.56. The van der Waals surface area contributed by atoms with E-state index < -0.39 is 17.9 Å². The molecule has 100 valence electrons. The zero-order chi connectivity index (χ0) is 13.5. The van der Waals surface area contributed by atoms with Gasteiger partial charge in [0.05, 0.1) is 18.8 Å². The standard InChI is InChI=1S/C12H14BrFO4/c1-16-6-11(7-17-2)18-12(15)8-3-9(13)5-10(14)4-8/h3-5,11H,6-7H2,1-2H3. The van der Waals surface area contributed by atoms with E-state index in [1.807, 2.05) is 0 Å². The van der Waals surface area contributed by atoms with Gasteiger partial charge in [-0.25, -0.2) is 9.18 Å². The van der Waals surface area contributed by atoms with Crippen molar-refractivity contribution < 1.29 is 23.4 Å². The summed E-state index contributed by atoms with van der Waals surface area (Å²) in [5.74, 6) is -1.12. The molecule has 0 bridgehead atoms. The average Bonchev–Trinajstić information content (AvgIpc) is 2.28. The van der Waals surface area contributed by atoms with Crippen LogP contribution in [0.25, 0.3) is 0 Å². The SMILES string of the molecule is COCC(COC)OC(=O)c1cc(F)cc(Br)c1. The number of carbonyl (C=O) groups is 1. The monoisotopic (exact) mass is 320 g/mol. The van der Waals surface area contributed by atoms with Crippen LogP contribution in [-0.2, 0) is 14.2 Å². The third-order valence-corrected chi connectivity index (χ3v) is 2.53. The van der Waals surface area contributed by atoms with Gasteiger partial charge in [0.2, 0.25) is 0 Å². The molecule has 6 heteroatoms. The van der Waals surface area contributed by atoms with E-state index in [9.17, 15) is 9.18 Å². The highest BCUT2D eigenvalue weighted by atomic mass is 79.9. The minimum atomic E-state index is -0.616. The first kappa shape index (κ1) is 15.1. The Bertz CT molecular complexity index is 385. The Labute approximate surface area is 113 Å². The second-order valence-corrected chi connectivity index (χ2v) is 4.51. The van der Waals surface area contributed by atoms with E-state index in [1.165, 1.54) is 26.4 Å². The van der Waals surface area contributed by atoms with Crippen LogP contribution >= 0.6 is 15.9 Å². The zero-order valence-corrected chi connectivity index (χ0v) is 11.7. The van der Waals surface area contributed by atoms with Crippen molar-refractivity contribution in [1.82, 2.24) is 0 Å². The van der Waals surface area contributed by atoms with Crippen LogP contribution in [0.3, 0.4) is 0 Å². The molecule has 0 aliphatic carbocycles. The number of rotatable bonds is 6. The number of hydrogen-bond acceptors (Lipinski definition) is 4. The minimum Gasteiger partial charge on any atom is -0.454 e. The predicted octanol–water partition coefficient (Wildman–Crippen LogP) is 2.41.